The lowest BCUT2D eigenvalue weighted by Crippen LogP contribution is -2.50. The summed E-state index contributed by atoms with van der Waals surface area (Å²) in [5.74, 6) is 1.42. The minimum atomic E-state index is -3.19. The lowest BCUT2D eigenvalue weighted by atomic mass is 10.1. The summed E-state index contributed by atoms with van der Waals surface area (Å²) in [5, 5.41) is 0.356. The molecule has 1 aromatic carbocycles. The molecule has 0 spiro atoms. The second-order valence-electron chi connectivity index (χ2n) is 4.99. The van der Waals surface area contributed by atoms with Crippen molar-refractivity contribution in [2.75, 3.05) is 30.9 Å². The molecule has 8 heteroatoms. The van der Waals surface area contributed by atoms with Gasteiger partial charge in [0.15, 0.2) is 9.84 Å². The quantitative estimate of drug-likeness (QED) is 0.883. The second-order valence-corrected chi connectivity index (χ2v) is 9.13. The van der Waals surface area contributed by atoms with Gasteiger partial charge in [0.2, 0.25) is 0 Å². The van der Waals surface area contributed by atoms with Crippen molar-refractivity contribution in [1.82, 2.24) is 4.90 Å². The van der Waals surface area contributed by atoms with Gasteiger partial charge in [-0.05, 0) is 11.6 Å². The van der Waals surface area contributed by atoms with E-state index in [2.05, 4.69) is 0 Å². The molecule has 0 amide bonds. The average molecular weight is 369 g/mol. The van der Waals surface area contributed by atoms with Crippen LogP contribution >= 0.6 is 35.0 Å². The average Bonchev–Trinajstić information content (AvgIpc) is 2.44. The van der Waals surface area contributed by atoms with E-state index in [1.165, 1.54) is 6.26 Å². The van der Waals surface area contributed by atoms with Crippen LogP contribution < -0.4 is 5.73 Å². The SMILES string of the molecule is CS(=O)(=O)C1CSCCN1C(CN)c1cccc(Cl)c1Cl. The monoisotopic (exact) mass is 368 g/mol. The Morgan fingerprint density at radius 3 is 2.81 bits per heavy atom. The van der Waals surface area contributed by atoms with E-state index >= 15 is 0 Å². The molecule has 2 N–H and O–H groups in total. The summed E-state index contributed by atoms with van der Waals surface area (Å²) in [6.07, 6.45) is 1.27. The normalized spacial score (nSPS) is 22.2. The molecule has 1 saturated heterocycles. The van der Waals surface area contributed by atoms with Crippen molar-refractivity contribution < 1.29 is 8.42 Å². The maximum atomic E-state index is 12.0. The third-order valence-electron chi connectivity index (χ3n) is 3.58. The van der Waals surface area contributed by atoms with E-state index in [0.717, 1.165) is 11.3 Å². The number of nitrogens with zero attached hydrogens (tertiary/aromatic N) is 1. The summed E-state index contributed by atoms with van der Waals surface area (Å²) < 4.78 is 24.1. The Labute approximate surface area is 139 Å². The number of nitrogens with two attached hydrogens (primary N) is 1. The van der Waals surface area contributed by atoms with Gasteiger partial charge in [0, 0.05) is 36.9 Å². The Hall–Kier alpha value is 0.0200. The molecule has 1 aliphatic rings. The molecule has 1 heterocycles. The van der Waals surface area contributed by atoms with Gasteiger partial charge in [0.1, 0.15) is 5.37 Å². The van der Waals surface area contributed by atoms with Crippen LogP contribution in [0.15, 0.2) is 18.2 Å². The van der Waals surface area contributed by atoms with Crippen LogP contribution in [0.25, 0.3) is 0 Å². The van der Waals surface area contributed by atoms with Gasteiger partial charge < -0.3 is 5.73 Å². The van der Waals surface area contributed by atoms with Crippen LogP contribution in [0.5, 0.6) is 0 Å². The zero-order valence-electron chi connectivity index (χ0n) is 11.6. The molecule has 0 aliphatic carbocycles. The molecule has 2 unspecified atom stereocenters. The smallest absolute Gasteiger partial charge is 0.164 e. The van der Waals surface area contributed by atoms with Crippen LogP contribution in [-0.2, 0) is 9.84 Å². The summed E-state index contributed by atoms with van der Waals surface area (Å²) in [7, 11) is -3.19. The predicted octanol–water partition coefficient (Wildman–Crippen LogP) is 2.41. The van der Waals surface area contributed by atoms with Gasteiger partial charge in [-0.1, -0.05) is 35.3 Å². The molecule has 2 rings (SSSR count). The van der Waals surface area contributed by atoms with Crippen molar-refractivity contribution in [3.63, 3.8) is 0 Å². The highest BCUT2D eigenvalue weighted by molar-refractivity contribution is 8.00. The molecule has 1 aromatic rings. The molecule has 1 aliphatic heterocycles. The predicted molar refractivity (Wildman–Crippen MR) is 90.9 cm³/mol. The van der Waals surface area contributed by atoms with Crippen molar-refractivity contribution in [2.45, 2.75) is 11.4 Å². The lowest BCUT2D eigenvalue weighted by Gasteiger charge is -2.39. The molecule has 21 heavy (non-hydrogen) atoms. The first kappa shape index (κ1) is 17.4. The summed E-state index contributed by atoms with van der Waals surface area (Å²) in [5.41, 5.74) is 6.70. The van der Waals surface area contributed by atoms with Gasteiger partial charge in [0.05, 0.1) is 10.0 Å². The molecule has 1 fully saturated rings. The highest BCUT2D eigenvalue weighted by atomic mass is 35.5. The number of hydrogen-bond donors (Lipinski definition) is 1. The van der Waals surface area contributed by atoms with Crippen LogP contribution in [0.3, 0.4) is 0 Å². The molecule has 2 atom stereocenters. The van der Waals surface area contributed by atoms with E-state index in [0.29, 0.717) is 22.3 Å². The molecule has 0 saturated carbocycles. The Kier molecular flexibility index (Phi) is 5.84. The van der Waals surface area contributed by atoms with Gasteiger partial charge in [-0.25, -0.2) is 8.42 Å². The number of rotatable bonds is 4. The van der Waals surface area contributed by atoms with Crippen molar-refractivity contribution in [2.24, 2.45) is 5.73 Å². The summed E-state index contributed by atoms with van der Waals surface area (Å²) in [4.78, 5) is 1.93. The van der Waals surface area contributed by atoms with Gasteiger partial charge in [-0.15, -0.1) is 0 Å². The van der Waals surface area contributed by atoms with Crippen molar-refractivity contribution in [3.8, 4) is 0 Å². The second kappa shape index (κ2) is 7.06. The van der Waals surface area contributed by atoms with Crippen LogP contribution in [0.1, 0.15) is 11.6 Å². The lowest BCUT2D eigenvalue weighted by molar-refractivity contribution is 0.198. The first-order valence-corrected chi connectivity index (χ1v) is 10.4. The number of hydrogen-bond acceptors (Lipinski definition) is 5. The number of sulfone groups is 1. The summed E-state index contributed by atoms with van der Waals surface area (Å²) in [6, 6.07) is 5.12. The molecule has 0 radical (unpaired) electrons. The Morgan fingerprint density at radius 1 is 1.48 bits per heavy atom. The molecule has 4 nitrogen and oxygen atoms in total. The molecular weight excluding hydrogens is 351 g/mol. The van der Waals surface area contributed by atoms with Crippen molar-refractivity contribution >= 4 is 44.8 Å². The minimum Gasteiger partial charge on any atom is -0.329 e. The van der Waals surface area contributed by atoms with Crippen molar-refractivity contribution in [3.05, 3.63) is 33.8 Å². The summed E-state index contributed by atoms with van der Waals surface area (Å²) in [6.45, 7) is 0.948. The van der Waals surface area contributed by atoms with Crippen molar-refractivity contribution in [1.29, 1.82) is 0 Å². The Balaban J connectivity index is 2.41. The third-order valence-corrected chi connectivity index (χ3v) is 7.08. The standard InChI is InChI=1S/C13H18Cl2N2O2S2/c1-21(18,19)12-8-20-6-5-17(12)11(7-16)9-3-2-4-10(14)13(9)15/h2-4,11-12H,5-8,16H2,1H3. The van der Waals surface area contributed by atoms with E-state index in [1.54, 1.807) is 23.9 Å². The first-order valence-electron chi connectivity index (χ1n) is 6.52. The van der Waals surface area contributed by atoms with Crippen LogP contribution in [0.2, 0.25) is 10.0 Å². The third kappa shape index (κ3) is 3.86. The molecule has 118 valence electrons. The zero-order valence-corrected chi connectivity index (χ0v) is 14.8. The fraction of sp³-hybridized carbons (Fsp3) is 0.538. The highest BCUT2D eigenvalue weighted by Crippen LogP contribution is 2.35. The van der Waals surface area contributed by atoms with Gasteiger partial charge >= 0.3 is 0 Å². The fourth-order valence-electron chi connectivity index (χ4n) is 2.54. The maximum absolute atomic E-state index is 12.0. The summed E-state index contributed by atoms with van der Waals surface area (Å²) >= 11 is 14.0. The van der Waals surface area contributed by atoms with E-state index < -0.39 is 15.2 Å². The highest BCUT2D eigenvalue weighted by Gasteiger charge is 2.36. The van der Waals surface area contributed by atoms with E-state index in [-0.39, 0.29) is 12.6 Å². The first-order chi connectivity index (χ1) is 9.86. The Bertz CT molecular complexity index is 610. The van der Waals surface area contributed by atoms with E-state index in [9.17, 15) is 8.42 Å². The van der Waals surface area contributed by atoms with Gasteiger partial charge in [-0.3, -0.25) is 4.90 Å². The molecular formula is C13H18Cl2N2O2S2. The van der Waals surface area contributed by atoms with Crippen LogP contribution in [0, 0.1) is 0 Å². The Morgan fingerprint density at radius 2 is 2.19 bits per heavy atom. The van der Waals surface area contributed by atoms with Gasteiger partial charge in [0.25, 0.3) is 0 Å². The van der Waals surface area contributed by atoms with Crippen LogP contribution in [0.4, 0.5) is 0 Å². The topological polar surface area (TPSA) is 63.4 Å². The fourth-order valence-corrected chi connectivity index (χ4v) is 5.89. The van der Waals surface area contributed by atoms with Crippen LogP contribution in [-0.4, -0.2) is 49.5 Å². The minimum absolute atomic E-state index is 0.253. The van der Waals surface area contributed by atoms with E-state index in [1.807, 2.05) is 11.0 Å². The zero-order chi connectivity index (χ0) is 15.6. The number of halogens is 2. The number of thioether (sulfide) groups is 1. The maximum Gasteiger partial charge on any atom is 0.164 e. The molecule has 0 bridgehead atoms. The number of benzene rings is 1. The molecule has 0 aromatic heterocycles. The van der Waals surface area contributed by atoms with E-state index in [4.69, 9.17) is 28.9 Å². The van der Waals surface area contributed by atoms with Gasteiger partial charge in [-0.2, -0.15) is 11.8 Å². The largest absolute Gasteiger partial charge is 0.329 e.